The second-order valence-corrected chi connectivity index (χ2v) is 0. The van der Waals surface area contributed by atoms with Crippen LogP contribution in [0.1, 0.15) is 22.3 Å². The molecule has 101 valence electrons. The van der Waals surface area contributed by atoms with Gasteiger partial charge in [-0.3, -0.25) is 0 Å². The Hall–Kier alpha value is 4.13. The van der Waals surface area contributed by atoms with E-state index in [1.807, 2.05) is 0 Å². The van der Waals surface area contributed by atoms with Crippen LogP contribution in [-0.2, 0) is 126 Å². The molecule has 0 unspecified atom stereocenters. The van der Waals surface area contributed by atoms with Crippen molar-refractivity contribution in [1.82, 2.24) is 0 Å². The van der Waals surface area contributed by atoms with Crippen LogP contribution in [0.15, 0.2) is 0 Å². The van der Waals surface area contributed by atoms with Crippen LogP contribution in [0.5, 0.6) is 0 Å². The Labute approximate surface area is 195 Å². The molecule has 0 aromatic carbocycles. The van der Waals surface area contributed by atoms with E-state index in [1.165, 1.54) is 0 Å². The van der Waals surface area contributed by atoms with Crippen molar-refractivity contribution in [1.29, 1.82) is 0 Å². The number of rotatable bonds is 0. The first-order chi connectivity index (χ1) is 0. The molecule has 0 aromatic rings. The molecule has 13 heteroatoms. The summed E-state index contributed by atoms with van der Waals surface area (Å²) < 4.78 is 0. The summed E-state index contributed by atoms with van der Waals surface area (Å²) in [7, 11) is 0. The summed E-state index contributed by atoms with van der Waals surface area (Å²) in [6.07, 6.45) is 0. The van der Waals surface area contributed by atoms with Gasteiger partial charge in [0.2, 0.25) is 0 Å². The van der Waals surface area contributed by atoms with Crippen LogP contribution in [0.4, 0.5) is 0 Å². The van der Waals surface area contributed by atoms with Crippen molar-refractivity contribution in [2.75, 3.05) is 0 Å². The van der Waals surface area contributed by atoms with E-state index in [4.69, 9.17) is 0 Å². The molecule has 0 N–H and O–H groups in total. The SMILES string of the molecule is B.B.B.C.C.C.[N-3].[N-3].[N-3].[N-3].[Ru+4].[Ru+4].[Ru+4].[Ta].[Ta].[Ta]. The van der Waals surface area contributed by atoms with Gasteiger partial charge in [-0.05, 0) is 0 Å². The Morgan fingerprint density at radius 3 is 0.312 bits per heavy atom. The first kappa shape index (κ1) is 433. The van der Waals surface area contributed by atoms with E-state index in [1.54, 1.807) is 0 Å². The molecule has 0 spiro atoms. The third-order valence-electron chi connectivity index (χ3n) is 0. The molecule has 0 aliphatic carbocycles. The molecule has 0 rings (SSSR count). The number of nitrogens with zero attached hydrogens (tertiary/aromatic N) is 4. The van der Waals surface area contributed by atoms with E-state index in [9.17, 15) is 0 Å². The van der Waals surface area contributed by atoms with Crippen molar-refractivity contribution in [3.63, 3.8) is 0 Å². The van der Waals surface area contributed by atoms with Gasteiger partial charge in [0.25, 0.3) is 0 Å². The molecule has 0 saturated carbocycles. The first-order valence-corrected chi connectivity index (χ1v) is 0. The van der Waals surface area contributed by atoms with Gasteiger partial charge in [0.15, 0.2) is 0 Å². The molecule has 0 bridgehead atoms. The molecule has 3 radical (unpaired) electrons. The molecule has 0 atom stereocenters. The van der Waals surface area contributed by atoms with Gasteiger partial charge in [-0.1, -0.05) is 22.3 Å². The zero-order valence-electron chi connectivity index (χ0n) is 4.19. The maximum Gasteiger partial charge on any atom is 4.00 e. The average molecular weight is 992 g/mol. The third-order valence-corrected chi connectivity index (χ3v) is 0. The van der Waals surface area contributed by atoms with Crippen molar-refractivity contribution in [2.24, 2.45) is 0 Å². The summed E-state index contributed by atoms with van der Waals surface area (Å²) in [5, 5.41) is 0. The van der Waals surface area contributed by atoms with Gasteiger partial charge < -0.3 is 24.6 Å². The topological polar surface area (TPSA) is 122 Å². The monoisotopic (exact) mass is 995 g/mol. The zero-order valence-corrected chi connectivity index (χ0v) is 19.0. The third kappa shape index (κ3) is 312. The van der Waals surface area contributed by atoms with Crippen LogP contribution in [0.25, 0.3) is 24.6 Å². The molecule has 0 aliphatic heterocycles. The molecule has 0 amide bonds. The van der Waals surface area contributed by atoms with Gasteiger partial charge in [0.1, 0.15) is 0 Å². The van der Waals surface area contributed by atoms with Crippen LogP contribution < -0.4 is 0 Å². The second kappa shape index (κ2) is 369. The van der Waals surface area contributed by atoms with Crippen molar-refractivity contribution < 1.29 is 126 Å². The molecule has 0 aliphatic rings. The van der Waals surface area contributed by atoms with Crippen LogP contribution in [0.2, 0.25) is 0 Å². The van der Waals surface area contributed by atoms with E-state index in [0.717, 1.165) is 0 Å². The summed E-state index contributed by atoms with van der Waals surface area (Å²) in [5.74, 6) is 0. The van der Waals surface area contributed by atoms with E-state index < -0.39 is 0 Å². The molecular formula is C3H21B3N4Ru3Ta3. The van der Waals surface area contributed by atoms with Crippen LogP contribution in [0.3, 0.4) is 0 Å². The zero-order chi connectivity index (χ0) is 0. The minimum absolute atomic E-state index is 0. The second-order valence-electron chi connectivity index (χ2n) is 0. The van der Waals surface area contributed by atoms with Gasteiger partial charge >= 0.3 is 58.4 Å². The Balaban J connectivity index is 0. The standard InChI is InChI=1S/3CH4.3BH3.4N.3Ru.3Ta/h3*1H4;3*1H3;;;;;;;;;;/q;;;;;;4*-3;3*+4;;;. The smallest absolute Gasteiger partial charge is 3.00 e. The maximum atomic E-state index is 0. The van der Waals surface area contributed by atoms with Crippen LogP contribution in [0, 0.1) is 0 Å². The van der Waals surface area contributed by atoms with Crippen molar-refractivity contribution in [3.05, 3.63) is 24.6 Å². The van der Waals surface area contributed by atoms with Gasteiger partial charge in [0, 0.05) is 67.1 Å². The first-order valence-electron chi connectivity index (χ1n) is 0. The predicted octanol–water partition coefficient (Wildman–Crippen LogP) is -0.504. The van der Waals surface area contributed by atoms with Crippen molar-refractivity contribution >= 4 is 25.2 Å². The van der Waals surface area contributed by atoms with E-state index >= 15 is 0 Å². The summed E-state index contributed by atoms with van der Waals surface area (Å²) in [6.45, 7) is 0. The molecule has 0 heterocycles. The largest absolute Gasteiger partial charge is 4.00 e. The molecule has 4 nitrogen and oxygen atoms in total. The molecule has 0 saturated heterocycles. The van der Waals surface area contributed by atoms with Gasteiger partial charge in [-0.15, -0.1) is 0 Å². The fraction of sp³-hybridized carbons (Fsp3) is 1.00. The Morgan fingerprint density at radius 2 is 0.312 bits per heavy atom. The Bertz CT molecular complexity index is 37.0. The average Bonchev–Trinajstić information content (AvgIpc) is 0. The van der Waals surface area contributed by atoms with Crippen LogP contribution in [-0.4, -0.2) is 25.2 Å². The van der Waals surface area contributed by atoms with Crippen molar-refractivity contribution in [3.8, 4) is 0 Å². The van der Waals surface area contributed by atoms with E-state index in [0.29, 0.717) is 0 Å². The summed E-state index contributed by atoms with van der Waals surface area (Å²) in [5.41, 5.74) is 0. The van der Waals surface area contributed by atoms with Gasteiger partial charge in [-0.25, -0.2) is 0 Å². The molecular weight excluding hydrogens is 971 g/mol. The molecule has 0 fully saturated rings. The Morgan fingerprint density at radius 1 is 0.312 bits per heavy atom. The fourth-order valence-electron chi connectivity index (χ4n) is 0. The Kier molecular flexibility index (Phi) is 9980. The molecule has 0 aromatic heterocycles. The van der Waals surface area contributed by atoms with Crippen molar-refractivity contribution in [2.45, 2.75) is 22.3 Å². The van der Waals surface area contributed by atoms with E-state index in [2.05, 4.69) is 0 Å². The fourth-order valence-corrected chi connectivity index (χ4v) is 0. The number of hydrogen-bond acceptors (Lipinski definition) is 0. The summed E-state index contributed by atoms with van der Waals surface area (Å²) in [6, 6.07) is 0. The van der Waals surface area contributed by atoms with Gasteiger partial charge in [-0.2, -0.15) is 0 Å². The van der Waals surface area contributed by atoms with E-state index in [-0.39, 0.29) is 198 Å². The number of hydrogen-bond donors (Lipinski definition) is 0. The summed E-state index contributed by atoms with van der Waals surface area (Å²) >= 11 is 0. The van der Waals surface area contributed by atoms with Crippen LogP contribution >= 0.6 is 0 Å². The predicted molar refractivity (Wildman–Crippen MR) is 63.4 cm³/mol. The minimum atomic E-state index is 0. The minimum Gasteiger partial charge on any atom is -3.00 e. The quantitative estimate of drug-likeness (QED) is 0.291. The van der Waals surface area contributed by atoms with Gasteiger partial charge in [0.05, 0.1) is 25.2 Å². The molecule has 16 heavy (non-hydrogen) atoms. The normalized spacial score (nSPS) is 0. The summed E-state index contributed by atoms with van der Waals surface area (Å²) in [4.78, 5) is 0. The maximum absolute atomic E-state index is 0.